The third-order valence-electron chi connectivity index (χ3n) is 3.87. The number of thioether (sulfide) groups is 1. The van der Waals surface area contributed by atoms with Gasteiger partial charge in [-0.3, -0.25) is 5.21 Å². The Morgan fingerprint density at radius 1 is 1.43 bits per heavy atom. The van der Waals surface area contributed by atoms with Crippen molar-refractivity contribution in [3.63, 3.8) is 0 Å². The summed E-state index contributed by atoms with van der Waals surface area (Å²) in [5.74, 6) is 1.26. The molecule has 0 unspecified atom stereocenters. The van der Waals surface area contributed by atoms with Gasteiger partial charge in [-0.1, -0.05) is 11.8 Å². The molecule has 3 aromatic rings. The second-order valence-corrected chi connectivity index (χ2v) is 6.36. The third kappa shape index (κ3) is 2.81. The van der Waals surface area contributed by atoms with Crippen molar-refractivity contribution in [3.8, 4) is 0 Å². The molecule has 1 saturated carbocycles. The van der Waals surface area contributed by atoms with Gasteiger partial charge in [0.2, 0.25) is 18.3 Å². The van der Waals surface area contributed by atoms with E-state index in [1.165, 1.54) is 30.2 Å². The van der Waals surface area contributed by atoms with Crippen LogP contribution < -0.4 is 10.0 Å². The summed E-state index contributed by atoms with van der Waals surface area (Å²) in [6.07, 6.45) is 9.52. The summed E-state index contributed by atoms with van der Waals surface area (Å²) in [5, 5.41) is 17.9. The molecule has 2 N–H and O–H groups in total. The Morgan fingerprint density at radius 2 is 2.30 bits per heavy atom. The Bertz CT molecular complexity index is 860. The second kappa shape index (κ2) is 5.69. The topological polar surface area (TPSA) is 79.2 Å². The number of nitrogens with one attached hydrogen (secondary N) is 1. The van der Waals surface area contributed by atoms with E-state index in [0.29, 0.717) is 18.4 Å². The summed E-state index contributed by atoms with van der Waals surface area (Å²) in [6.45, 7) is 0.542. The fourth-order valence-corrected chi connectivity index (χ4v) is 2.92. The minimum Gasteiger partial charge on any atom is -0.350 e. The largest absolute Gasteiger partial charge is 0.350 e. The lowest BCUT2D eigenvalue weighted by Gasteiger charge is -2.08. The maximum Gasteiger partial charge on any atom is 0.228 e. The van der Waals surface area contributed by atoms with E-state index in [-0.39, 0.29) is 0 Å². The molecule has 0 saturated heterocycles. The normalized spacial score (nSPS) is 14.3. The number of fused-ring (bicyclic) bond motifs is 1. The fraction of sp³-hybridized carbons (Fsp3) is 0.333. The Morgan fingerprint density at radius 3 is 3.04 bits per heavy atom. The van der Waals surface area contributed by atoms with Crippen LogP contribution in [0.2, 0.25) is 0 Å². The lowest BCUT2D eigenvalue weighted by atomic mass is 10.2. The molecule has 7 nitrogen and oxygen atoms in total. The quantitative estimate of drug-likeness (QED) is 0.423. The fourth-order valence-electron chi connectivity index (χ4n) is 2.56. The van der Waals surface area contributed by atoms with Gasteiger partial charge in [0.1, 0.15) is 0 Å². The van der Waals surface area contributed by atoms with Crippen LogP contribution >= 0.6 is 11.8 Å². The summed E-state index contributed by atoms with van der Waals surface area (Å²) in [6, 6.07) is 3.73. The number of aromatic nitrogens is 5. The van der Waals surface area contributed by atoms with E-state index in [4.69, 9.17) is 0 Å². The Kier molecular flexibility index (Phi) is 3.53. The molecule has 3 heterocycles. The van der Waals surface area contributed by atoms with Gasteiger partial charge in [-0.05, 0) is 31.1 Å². The van der Waals surface area contributed by atoms with Crippen molar-refractivity contribution >= 4 is 23.4 Å². The number of hydrogen-bond acceptors (Lipinski definition) is 6. The van der Waals surface area contributed by atoms with Crippen LogP contribution in [-0.4, -0.2) is 31.0 Å². The first-order valence-electron chi connectivity index (χ1n) is 7.47. The highest BCUT2D eigenvalue weighted by Crippen LogP contribution is 2.41. The first kappa shape index (κ1) is 14.3. The zero-order chi connectivity index (χ0) is 15.8. The van der Waals surface area contributed by atoms with Crippen molar-refractivity contribution in [2.75, 3.05) is 11.6 Å². The van der Waals surface area contributed by atoms with E-state index in [2.05, 4.69) is 20.4 Å². The summed E-state index contributed by atoms with van der Waals surface area (Å²) >= 11 is 1.52. The van der Waals surface area contributed by atoms with Gasteiger partial charge in [-0.15, -0.1) is 0 Å². The average Bonchev–Trinajstić information content (AvgIpc) is 3.32. The molecule has 0 amide bonds. The number of nitrogens with zero attached hydrogens (tertiary/aromatic N) is 5. The van der Waals surface area contributed by atoms with Gasteiger partial charge in [-0.25, -0.2) is 4.98 Å². The lowest BCUT2D eigenvalue weighted by molar-refractivity contribution is -0.905. The van der Waals surface area contributed by atoms with E-state index < -0.39 is 0 Å². The molecule has 1 aliphatic carbocycles. The van der Waals surface area contributed by atoms with Crippen LogP contribution in [0.1, 0.15) is 29.9 Å². The summed E-state index contributed by atoms with van der Waals surface area (Å²) in [7, 11) is 0. The molecule has 118 valence electrons. The van der Waals surface area contributed by atoms with Crippen molar-refractivity contribution in [1.29, 1.82) is 0 Å². The van der Waals surface area contributed by atoms with Crippen LogP contribution in [0.3, 0.4) is 0 Å². The van der Waals surface area contributed by atoms with Gasteiger partial charge in [0.25, 0.3) is 0 Å². The molecule has 0 aromatic carbocycles. The van der Waals surface area contributed by atoms with E-state index in [1.807, 2.05) is 18.5 Å². The van der Waals surface area contributed by atoms with E-state index >= 15 is 0 Å². The molecule has 8 heteroatoms. The van der Waals surface area contributed by atoms with E-state index in [9.17, 15) is 5.21 Å². The van der Waals surface area contributed by atoms with Crippen LogP contribution in [-0.2, 0) is 6.54 Å². The molecular weight excluding hydrogens is 312 g/mol. The van der Waals surface area contributed by atoms with Crippen LogP contribution in [0.25, 0.3) is 5.65 Å². The van der Waals surface area contributed by atoms with Crippen molar-refractivity contribution < 1.29 is 9.94 Å². The number of anilines is 1. The number of rotatable bonds is 5. The van der Waals surface area contributed by atoms with Gasteiger partial charge < -0.3 is 5.32 Å². The van der Waals surface area contributed by atoms with Crippen LogP contribution in [0.4, 0.5) is 5.95 Å². The summed E-state index contributed by atoms with van der Waals surface area (Å²) < 4.78 is 2.81. The first-order chi connectivity index (χ1) is 11.2. The highest BCUT2D eigenvalue weighted by molar-refractivity contribution is 7.98. The molecule has 0 aliphatic heterocycles. The Hall–Kier alpha value is -2.35. The van der Waals surface area contributed by atoms with Crippen molar-refractivity contribution in [3.05, 3.63) is 41.9 Å². The van der Waals surface area contributed by atoms with Gasteiger partial charge in [0.05, 0.1) is 6.20 Å². The lowest BCUT2D eigenvalue weighted by Crippen LogP contribution is -2.29. The predicted octanol–water partition coefficient (Wildman–Crippen LogP) is 1.86. The molecule has 1 aliphatic rings. The minimum atomic E-state index is 0.542. The standard InChI is InChI=1S/C15H17N6OS/c1-23-15-18-13-12(11-4-5-11)8-17-21(13)14(19-15)16-7-10-3-2-6-20(22)9-10/h2-3,6,8-9,11,22H,4-5,7H2,1H3,(H,16,18,19)/q+1. The second-order valence-electron chi connectivity index (χ2n) is 5.59. The molecular formula is C15H17N6OS+. The smallest absolute Gasteiger partial charge is 0.228 e. The van der Waals surface area contributed by atoms with Gasteiger partial charge in [0, 0.05) is 28.5 Å². The third-order valence-corrected chi connectivity index (χ3v) is 4.42. The SMILES string of the molecule is CSc1nc(NCc2ccc[n+](O)c2)n2ncc(C3CC3)c2n1. The highest BCUT2D eigenvalue weighted by atomic mass is 32.2. The highest BCUT2D eigenvalue weighted by Gasteiger charge is 2.28. The zero-order valence-electron chi connectivity index (χ0n) is 12.7. The monoisotopic (exact) mass is 329 g/mol. The zero-order valence-corrected chi connectivity index (χ0v) is 13.5. The average molecular weight is 329 g/mol. The molecule has 1 fully saturated rings. The first-order valence-corrected chi connectivity index (χ1v) is 8.70. The Balaban J connectivity index is 1.68. The van der Waals surface area contributed by atoms with Gasteiger partial charge >= 0.3 is 0 Å². The van der Waals surface area contributed by atoms with Crippen LogP contribution in [0.15, 0.2) is 35.9 Å². The molecule has 0 atom stereocenters. The molecule has 0 bridgehead atoms. The summed E-state index contributed by atoms with van der Waals surface area (Å²) in [4.78, 5) is 9.13. The maximum absolute atomic E-state index is 9.48. The Labute approximate surface area is 137 Å². The minimum absolute atomic E-state index is 0.542. The maximum atomic E-state index is 9.48. The van der Waals surface area contributed by atoms with E-state index in [1.54, 1.807) is 23.0 Å². The number of pyridine rings is 1. The van der Waals surface area contributed by atoms with E-state index in [0.717, 1.165) is 21.1 Å². The predicted molar refractivity (Wildman–Crippen MR) is 85.7 cm³/mol. The van der Waals surface area contributed by atoms with Crippen molar-refractivity contribution in [1.82, 2.24) is 19.6 Å². The van der Waals surface area contributed by atoms with Crippen LogP contribution in [0, 0.1) is 0 Å². The van der Waals surface area contributed by atoms with Gasteiger partial charge in [0.15, 0.2) is 10.8 Å². The van der Waals surface area contributed by atoms with Crippen molar-refractivity contribution in [2.45, 2.75) is 30.5 Å². The molecule has 4 rings (SSSR count). The van der Waals surface area contributed by atoms with Gasteiger partial charge in [-0.2, -0.15) is 14.6 Å². The molecule has 0 radical (unpaired) electrons. The molecule has 3 aromatic heterocycles. The number of hydrogen-bond donors (Lipinski definition) is 2. The molecule has 23 heavy (non-hydrogen) atoms. The van der Waals surface area contributed by atoms with Crippen LogP contribution in [0.5, 0.6) is 0 Å². The summed E-state index contributed by atoms with van der Waals surface area (Å²) in [5.41, 5.74) is 3.04. The molecule has 0 spiro atoms. The van der Waals surface area contributed by atoms with Crippen molar-refractivity contribution in [2.24, 2.45) is 0 Å².